The van der Waals surface area contributed by atoms with Crippen LogP contribution in [0.2, 0.25) is 0 Å². The number of ether oxygens (including phenoxy) is 1. The van der Waals surface area contributed by atoms with Crippen molar-refractivity contribution >= 4 is 0 Å². The molecular formula is C10H12O4Ti. The van der Waals surface area contributed by atoms with E-state index >= 15 is 0 Å². The standard InChI is InChI=1S/C10H12O2.2O.Ti/c1-3-4-8-5-6-9(11)10(7-8)12-2;;;/h3,5-7,11H,1,4H2,2H3;;;. The molecule has 5 heteroatoms. The Balaban J connectivity index is 0.000000583. The van der Waals surface area contributed by atoms with Gasteiger partial charge in [-0.25, -0.2) is 0 Å². The number of methoxy groups -OCH3 is 1. The van der Waals surface area contributed by atoms with Gasteiger partial charge in [0.1, 0.15) is 0 Å². The van der Waals surface area contributed by atoms with Gasteiger partial charge in [0.25, 0.3) is 0 Å². The Morgan fingerprint density at radius 1 is 1.53 bits per heavy atom. The predicted octanol–water partition coefficient (Wildman–Crippen LogP) is 1.89. The summed E-state index contributed by atoms with van der Waals surface area (Å²) in [6.45, 7) is 3.63. The monoisotopic (exact) mass is 244 g/mol. The van der Waals surface area contributed by atoms with E-state index < -0.39 is 19.1 Å². The van der Waals surface area contributed by atoms with Gasteiger partial charge < -0.3 is 9.84 Å². The molecule has 0 aromatic heterocycles. The second kappa shape index (κ2) is 8.20. The zero-order chi connectivity index (χ0) is 11.7. The van der Waals surface area contributed by atoms with Gasteiger partial charge in [-0.3, -0.25) is 0 Å². The first-order valence-corrected chi connectivity index (χ1v) is 5.43. The third-order valence-corrected chi connectivity index (χ3v) is 1.62. The molecule has 80 valence electrons. The number of rotatable bonds is 3. The fourth-order valence-electron chi connectivity index (χ4n) is 1.02. The van der Waals surface area contributed by atoms with Crippen molar-refractivity contribution in [1.29, 1.82) is 0 Å². The fourth-order valence-corrected chi connectivity index (χ4v) is 1.02. The summed E-state index contributed by atoms with van der Waals surface area (Å²) in [5.41, 5.74) is 1.08. The quantitative estimate of drug-likeness (QED) is 0.651. The summed E-state index contributed by atoms with van der Waals surface area (Å²) in [6.07, 6.45) is 2.60. The van der Waals surface area contributed by atoms with Crippen LogP contribution in [0.4, 0.5) is 0 Å². The Kier molecular flexibility index (Phi) is 7.59. The fraction of sp³-hybridized carbons (Fsp3) is 0.200. The van der Waals surface area contributed by atoms with E-state index in [2.05, 4.69) is 6.58 Å². The topological polar surface area (TPSA) is 63.6 Å². The maximum atomic E-state index is 9.25. The van der Waals surface area contributed by atoms with E-state index in [0.29, 0.717) is 5.75 Å². The first kappa shape index (κ1) is 13.9. The Morgan fingerprint density at radius 2 is 2.13 bits per heavy atom. The summed E-state index contributed by atoms with van der Waals surface area (Å²) in [7, 11) is 1.53. The van der Waals surface area contributed by atoms with Crippen molar-refractivity contribution < 1.29 is 35.6 Å². The van der Waals surface area contributed by atoms with E-state index in [9.17, 15) is 5.11 Å². The molecule has 15 heavy (non-hydrogen) atoms. The zero-order valence-electron chi connectivity index (χ0n) is 8.40. The van der Waals surface area contributed by atoms with E-state index in [0.717, 1.165) is 12.0 Å². The molecule has 0 bridgehead atoms. The number of phenolic OH excluding ortho intramolecular Hbond substituents is 1. The molecule has 0 unspecified atom stereocenters. The first-order chi connectivity index (χ1) is 7.19. The number of aromatic hydroxyl groups is 1. The van der Waals surface area contributed by atoms with Gasteiger partial charge in [-0.1, -0.05) is 12.1 Å². The third kappa shape index (κ3) is 5.35. The Hall–Kier alpha value is -1.13. The van der Waals surface area contributed by atoms with E-state index in [-0.39, 0.29) is 5.75 Å². The van der Waals surface area contributed by atoms with Gasteiger partial charge in [0.05, 0.1) is 7.11 Å². The van der Waals surface area contributed by atoms with Gasteiger partial charge in [0, 0.05) is 0 Å². The minimum atomic E-state index is -2.00. The number of phenols is 1. The summed E-state index contributed by atoms with van der Waals surface area (Å²) in [5, 5.41) is 9.25. The average Bonchev–Trinajstić information content (AvgIpc) is 2.22. The number of benzene rings is 1. The summed E-state index contributed by atoms with van der Waals surface area (Å²) in [6, 6.07) is 5.27. The van der Waals surface area contributed by atoms with Crippen LogP contribution >= 0.6 is 0 Å². The summed E-state index contributed by atoms with van der Waals surface area (Å²) in [5.74, 6) is 0.680. The summed E-state index contributed by atoms with van der Waals surface area (Å²) < 4.78 is 21.9. The van der Waals surface area contributed by atoms with Crippen molar-refractivity contribution in [3.63, 3.8) is 0 Å². The molecule has 1 aromatic carbocycles. The van der Waals surface area contributed by atoms with Gasteiger partial charge >= 0.3 is 25.7 Å². The van der Waals surface area contributed by atoms with Crippen molar-refractivity contribution in [2.24, 2.45) is 0 Å². The number of hydrogen-bond donors (Lipinski definition) is 1. The van der Waals surface area contributed by atoms with Crippen LogP contribution in [0, 0.1) is 0 Å². The Labute approximate surface area is 97.1 Å². The molecule has 0 aliphatic heterocycles. The second-order valence-corrected chi connectivity index (χ2v) is 2.84. The normalized spacial score (nSPS) is 8.07. The van der Waals surface area contributed by atoms with E-state index in [4.69, 9.17) is 11.4 Å². The van der Waals surface area contributed by atoms with Crippen LogP contribution in [-0.2, 0) is 32.2 Å². The van der Waals surface area contributed by atoms with Crippen LogP contribution in [0.3, 0.4) is 0 Å². The molecule has 1 aromatic rings. The van der Waals surface area contributed by atoms with Crippen LogP contribution in [-0.4, -0.2) is 12.2 Å². The number of allylic oxidation sites excluding steroid dienone is 1. The number of hydrogen-bond acceptors (Lipinski definition) is 4. The summed E-state index contributed by atoms with van der Waals surface area (Å²) >= 11 is -2.00. The molecule has 0 aliphatic rings. The van der Waals surface area contributed by atoms with Gasteiger partial charge in [-0.2, -0.15) is 0 Å². The van der Waals surface area contributed by atoms with Crippen molar-refractivity contribution in [2.75, 3.05) is 7.11 Å². The molecule has 0 atom stereocenters. The zero-order valence-corrected chi connectivity index (χ0v) is 9.96. The van der Waals surface area contributed by atoms with Gasteiger partial charge in [0.2, 0.25) is 0 Å². The van der Waals surface area contributed by atoms with E-state index in [1.807, 2.05) is 12.1 Å². The van der Waals surface area contributed by atoms with Crippen molar-refractivity contribution in [1.82, 2.24) is 0 Å². The molecule has 0 spiro atoms. The average molecular weight is 244 g/mol. The first-order valence-electron chi connectivity index (χ1n) is 4.15. The van der Waals surface area contributed by atoms with Crippen LogP contribution in [0.1, 0.15) is 5.56 Å². The van der Waals surface area contributed by atoms with E-state index in [1.54, 1.807) is 12.1 Å². The summed E-state index contributed by atoms with van der Waals surface area (Å²) in [4.78, 5) is 0. The Bertz CT molecular complexity index is 356. The van der Waals surface area contributed by atoms with E-state index in [1.165, 1.54) is 7.11 Å². The SMILES string of the molecule is C=CCc1ccc(O)c(OC)c1.[O]=[Ti]=[O]. The second-order valence-electron chi connectivity index (χ2n) is 2.58. The van der Waals surface area contributed by atoms with Gasteiger partial charge in [-0.15, -0.1) is 6.58 Å². The molecule has 0 saturated heterocycles. The van der Waals surface area contributed by atoms with Crippen LogP contribution in [0.15, 0.2) is 30.9 Å². The van der Waals surface area contributed by atoms with Crippen molar-refractivity contribution in [3.05, 3.63) is 36.4 Å². The molecule has 0 aliphatic carbocycles. The molecule has 1 rings (SSSR count). The molecule has 1 N–H and O–H groups in total. The van der Waals surface area contributed by atoms with Crippen LogP contribution in [0.25, 0.3) is 0 Å². The van der Waals surface area contributed by atoms with Gasteiger partial charge in [0.15, 0.2) is 11.5 Å². The minimum absolute atomic E-state index is 0.172. The Morgan fingerprint density at radius 3 is 2.60 bits per heavy atom. The molecule has 0 fully saturated rings. The molecular weight excluding hydrogens is 232 g/mol. The third-order valence-electron chi connectivity index (χ3n) is 1.62. The van der Waals surface area contributed by atoms with Crippen LogP contribution in [0.5, 0.6) is 11.5 Å². The maximum absolute atomic E-state index is 9.25. The molecule has 0 amide bonds. The van der Waals surface area contributed by atoms with Crippen LogP contribution < -0.4 is 4.74 Å². The predicted molar refractivity (Wildman–Crippen MR) is 49.9 cm³/mol. The molecule has 0 saturated carbocycles. The molecule has 4 nitrogen and oxygen atoms in total. The molecule has 0 radical (unpaired) electrons. The molecule has 0 heterocycles. The van der Waals surface area contributed by atoms with Gasteiger partial charge in [-0.05, 0) is 24.1 Å². The van der Waals surface area contributed by atoms with Crippen molar-refractivity contribution in [2.45, 2.75) is 6.42 Å². The van der Waals surface area contributed by atoms with Crippen molar-refractivity contribution in [3.8, 4) is 11.5 Å².